The summed E-state index contributed by atoms with van der Waals surface area (Å²) in [4.78, 5) is 19.7. The highest BCUT2D eigenvalue weighted by atomic mass is 16.6. The van der Waals surface area contributed by atoms with Gasteiger partial charge in [-0.2, -0.15) is 0 Å². The highest BCUT2D eigenvalue weighted by Crippen LogP contribution is 1.99. The smallest absolute Gasteiger partial charge is 0.362 e. The largest absolute Gasteiger partial charge is 0.464 e. The van der Waals surface area contributed by atoms with Gasteiger partial charge in [0, 0.05) is 6.20 Å². The van der Waals surface area contributed by atoms with Crippen molar-refractivity contribution in [2.24, 2.45) is 5.16 Å². The van der Waals surface area contributed by atoms with E-state index in [4.69, 9.17) is 0 Å². The van der Waals surface area contributed by atoms with Crippen molar-refractivity contribution in [2.45, 2.75) is 0 Å². The molecule has 0 unspecified atom stereocenters. The number of nitrogens with zero attached hydrogens (tertiary/aromatic N) is 2. The van der Waals surface area contributed by atoms with E-state index < -0.39 is 5.97 Å². The average Bonchev–Trinajstić information content (AvgIpc) is 2.26. The van der Waals surface area contributed by atoms with Crippen LogP contribution in [0.5, 0.6) is 0 Å². The molecule has 0 atom stereocenters. The van der Waals surface area contributed by atoms with E-state index >= 15 is 0 Å². The first-order valence-electron chi connectivity index (χ1n) is 3.90. The predicted molar refractivity (Wildman–Crippen MR) is 49.8 cm³/mol. The molecule has 0 aliphatic carbocycles. The van der Waals surface area contributed by atoms with Crippen molar-refractivity contribution in [3.8, 4) is 0 Å². The van der Waals surface area contributed by atoms with Crippen LogP contribution in [0.3, 0.4) is 0 Å². The van der Waals surface area contributed by atoms with E-state index in [1.54, 1.807) is 24.4 Å². The SMILES string of the molecule is CON=C(C(=O)OC)c1ccccn1. The fourth-order valence-electron chi connectivity index (χ4n) is 0.879. The Morgan fingerprint density at radius 3 is 2.71 bits per heavy atom. The number of ether oxygens (including phenoxy) is 1. The number of aromatic nitrogens is 1. The molecule has 0 fully saturated rings. The summed E-state index contributed by atoms with van der Waals surface area (Å²) >= 11 is 0. The Morgan fingerprint density at radius 1 is 1.43 bits per heavy atom. The van der Waals surface area contributed by atoms with Gasteiger partial charge in [0.2, 0.25) is 5.71 Å². The van der Waals surface area contributed by atoms with Gasteiger partial charge in [-0.25, -0.2) is 4.79 Å². The third kappa shape index (κ3) is 2.29. The van der Waals surface area contributed by atoms with E-state index in [-0.39, 0.29) is 5.71 Å². The lowest BCUT2D eigenvalue weighted by Gasteiger charge is -2.01. The second kappa shape index (κ2) is 4.96. The Hall–Kier alpha value is -1.91. The molecule has 14 heavy (non-hydrogen) atoms. The Morgan fingerprint density at radius 2 is 2.21 bits per heavy atom. The van der Waals surface area contributed by atoms with Crippen molar-refractivity contribution < 1.29 is 14.4 Å². The minimum atomic E-state index is -0.578. The van der Waals surface area contributed by atoms with Crippen molar-refractivity contribution >= 4 is 11.7 Å². The van der Waals surface area contributed by atoms with Crippen LogP contribution >= 0.6 is 0 Å². The van der Waals surface area contributed by atoms with Crippen molar-refractivity contribution in [3.63, 3.8) is 0 Å². The lowest BCUT2D eigenvalue weighted by molar-refractivity contribution is -0.132. The highest BCUT2D eigenvalue weighted by Gasteiger charge is 2.16. The van der Waals surface area contributed by atoms with Gasteiger partial charge in [0.15, 0.2) is 0 Å². The van der Waals surface area contributed by atoms with Crippen LogP contribution in [0.15, 0.2) is 29.6 Å². The molecule has 0 saturated heterocycles. The van der Waals surface area contributed by atoms with Crippen LogP contribution in [0, 0.1) is 0 Å². The van der Waals surface area contributed by atoms with Crippen molar-refractivity contribution in [2.75, 3.05) is 14.2 Å². The molecule has 5 nitrogen and oxygen atoms in total. The molecule has 0 spiro atoms. The summed E-state index contributed by atoms with van der Waals surface area (Å²) in [6.45, 7) is 0. The van der Waals surface area contributed by atoms with Gasteiger partial charge in [-0.3, -0.25) is 4.98 Å². The van der Waals surface area contributed by atoms with E-state index in [2.05, 4.69) is 19.7 Å². The van der Waals surface area contributed by atoms with Gasteiger partial charge in [0.25, 0.3) is 0 Å². The third-order valence-electron chi connectivity index (χ3n) is 1.47. The van der Waals surface area contributed by atoms with Crippen molar-refractivity contribution in [1.29, 1.82) is 0 Å². The molecule has 74 valence electrons. The number of pyridine rings is 1. The number of esters is 1. The van der Waals surface area contributed by atoms with Crippen LogP contribution in [0.25, 0.3) is 0 Å². The maximum atomic E-state index is 11.2. The number of hydrogen-bond acceptors (Lipinski definition) is 5. The molecule has 0 aromatic carbocycles. The third-order valence-corrected chi connectivity index (χ3v) is 1.47. The molecule has 0 saturated carbocycles. The number of oxime groups is 1. The normalized spacial score (nSPS) is 10.9. The standard InChI is InChI=1S/C9H10N2O3/c1-13-9(12)8(11-14-2)7-5-3-4-6-10-7/h3-6H,1-2H3. The van der Waals surface area contributed by atoms with Crippen LogP contribution in [0.2, 0.25) is 0 Å². The number of rotatable bonds is 3. The topological polar surface area (TPSA) is 60.8 Å². The Labute approximate surface area is 81.3 Å². The quantitative estimate of drug-likeness (QED) is 0.401. The summed E-state index contributed by atoms with van der Waals surface area (Å²) in [5.74, 6) is -0.578. The number of methoxy groups -OCH3 is 1. The van der Waals surface area contributed by atoms with Gasteiger partial charge < -0.3 is 9.57 Å². The maximum absolute atomic E-state index is 11.2. The molecular weight excluding hydrogens is 184 g/mol. The van der Waals surface area contributed by atoms with Crippen LogP contribution in [-0.4, -0.2) is 30.9 Å². The second-order valence-corrected chi connectivity index (χ2v) is 2.33. The molecule has 1 aromatic heterocycles. The van der Waals surface area contributed by atoms with E-state index in [0.29, 0.717) is 5.69 Å². The first-order valence-corrected chi connectivity index (χ1v) is 3.90. The van der Waals surface area contributed by atoms with Gasteiger partial charge in [-0.15, -0.1) is 0 Å². The van der Waals surface area contributed by atoms with Crippen LogP contribution in [0.4, 0.5) is 0 Å². The summed E-state index contributed by atoms with van der Waals surface area (Å²) in [5.41, 5.74) is 0.469. The molecule has 1 aromatic rings. The van der Waals surface area contributed by atoms with E-state index in [0.717, 1.165) is 0 Å². The van der Waals surface area contributed by atoms with Crippen molar-refractivity contribution in [1.82, 2.24) is 4.98 Å². The van der Waals surface area contributed by atoms with Gasteiger partial charge in [0.1, 0.15) is 7.11 Å². The van der Waals surface area contributed by atoms with Gasteiger partial charge >= 0.3 is 5.97 Å². The monoisotopic (exact) mass is 194 g/mol. The van der Waals surface area contributed by atoms with Gasteiger partial charge in [0.05, 0.1) is 12.8 Å². The molecule has 5 heteroatoms. The Kier molecular flexibility index (Phi) is 3.60. The lowest BCUT2D eigenvalue weighted by atomic mass is 10.2. The number of carbonyl (C=O) groups excluding carboxylic acids is 1. The van der Waals surface area contributed by atoms with Gasteiger partial charge in [-0.1, -0.05) is 11.2 Å². The first-order chi connectivity index (χ1) is 6.79. The van der Waals surface area contributed by atoms with Crippen LogP contribution in [0.1, 0.15) is 5.69 Å². The summed E-state index contributed by atoms with van der Waals surface area (Å²) in [5, 5.41) is 3.54. The fourth-order valence-corrected chi connectivity index (χ4v) is 0.879. The molecule has 0 aliphatic heterocycles. The lowest BCUT2D eigenvalue weighted by Crippen LogP contribution is -2.18. The van der Waals surface area contributed by atoms with E-state index in [1.807, 2.05) is 0 Å². The molecule has 0 radical (unpaired) electrons. The molecule has 0 aliphatic rings. The molecular formula is C9H10N2O3. The summed E-state index contributed by atoms with van der Waals surface area (Å²) in [6.07, 6.45) is 1.56. The Balaban J connectivity index is 3.02. The zero-order valence-electron chi connectivity index (χ0n) is 7.93. The zero-order valence-corrected chi connectivity index (χ0v) is 7.93. The first kappa shape index (κ1) is 10.2. The summed E-state index contributed by atoms with van der Waals surface area (Å²) in [6, 6.07) is 5.14. The zero-order chi connectivity index (χ0) is 10.4. The van der Waals surface area contributed by atoms with Crippen LogP contribution < -0.4 is 0 Å². The average molecular weight is 194 g/mol. The molecule has 0 N–H and O–H groups in total. The van der Waals surface area contributed by atoms with E-state index in [9.17, 15) is 4.79 Å². The second-order valence-electron chi connectivity index (χ2n) is 2.33. The summed E-state index contributed by atoms with van der Waals surface area (Å²) < 4.78 is 4.53. The molecule has 0 bridgehead atoms. The number of hydrogen-bond donors (Lipinski definition) is 0. The van der Waals surface area contributed by atoms with Crippen LogP contribution in [-0.2, 0) is 14.4 Å². The predicted octanol–water partition coefficient (Wildman–Crippen LogP) is 0.605. The van der Waals surface area contributed by atoms with Crippen molar-refractivity contribution in [3.05, 3.63) is 30.1 Å². The highest BCUT2D eigenvalue weighted by molar-refractivity contribution is 6.42. The van der Waals surface area contributed by atoms with E-state index in [1.165, 1.54) is 14.2 Å². The molecule has 1 rings (SSSR count). The summed E-state index contributed by atoms with van der Waals surface area (Å²) in [7, 11) is 2.63. The minimum Gasteiger partial charge on any atom is -0.464 e. The minimum absolute atomic E-state index is 0.0515. The fraction of sp³-hybridized carbons (Fsp3) is 0.222. The number of carbonyl (C=O) groups is 1. The maximum Gasteiger partial charge on any atom is 0.362 e. The Bertz CT molecular complexity index is 335. The molecule has 1 heterocycles. The molecule has 0 amide bonds. The van der Waals surface area contributed by atoms with Gasteiger partial charge in [-0.05, 0) is 12.1 Å².